The first-order valence-corrected chi connectivity index (χ1v) is 12.9. The maximum atomic E-state index is 13.8. The molecule has 2 saturated heterocycles. The van der Waals surface area contributed by atoms with E-state index in [0.29, 0.717) is 18.0 Å². The highest BCUT2D eigenvalue weighted by Crippen LogP contribution is 2.48. The van der Waals surface area contributed by atoms with Crippen LogP contribution in [0.5, 0.6) is 5.75 Å². The minimum atomic E-state index is -1.11. The molecule has 0 saturated carbocycles. The van der Waals surface area contributed by atoms with Crippen LogP contribution in [0.15, 0.2) is 103 Å². The normalized spacial score (nSPS) is 20.1. The predicted octanol–water partition coefficient (Wildman–Crippen LogP) is 5.88. The van der Waals surface area contributed by atoms with Gasteiger partial charge < -0.3 is 4.74 Å². The van der Waals surface area contributed by atoms with E-state index < -0.39 is 40.5 Å². The summed E-state index contributed by atoms with van der Waals surface area (Å²) in [5.41, 5.74) is 2.13. The first-order chi connectivity index (χ1) is 19.4. The van der Waals surface area contributed by atoms with E-state index in [1.54, 1.807) is 5.06 Å². The summed E-state index contributed by atoms with van der Waals surface area (Å²) < 4.78 is 5.92. The van der Waals surface area contributed by atoms with Crippen molar-refractivity contribution in [1.29, 1.82) is 0 Å². The Bertz CT molecular complexity index is 1580. The molecule has 0 radical (unpaired) electrons. The lowest BCUT2D eigenvalue weighted by Crippen LogP contribution is -2.37. The highest BCUT2D eigenvalue weighted by molar-refractivity contribution is 6.33. The third-order valence-corrected chi connectivity index (χ3v) is 7.30. The van der Waals surface area contributed by atoms with Gasteiger partial charge >= 0.3 is 0 Å². The minimum absolute atomic E-state index is 0.0683. The molecule has 2 fully saturated rings. The van der Waals surface area contributed by atoms with Gasteiger partial charge in [-0.05, 0) is 47.5 Å². The fourth-order valence-electron chi connectivity index (χ4n) is 5.09. The van der Waals surface area contributed by atoms with Gasteiger partial charge in [-0.25, -0.2) is 9.96 Å². The van der Waals surface area contributed by atoms with Crippen molar-refractivity contribution in [2.45, 2.75) is 18.8 Å². The van der Waals surface area contributed by atoms with Gasteiger partial charge in [-0.15, -0.1) is 0 Å². The van der Waals surface area contributed by atoms with Crippen LogP contribution in [-0.2, 0) is 21.0 Å². The zero-order chi connectivity index (χ0) is 27.8. The number of carbonyl (C=O) groups excluding carboxylic acids is 2. The van der Waals surface area contributed by atoms with Crippen LogP contribution in [-0.4, -0.2) is 22.8 Å². The molecule has 2 heterocycles. The molecule has 4 aromatic rings. The highest BCUT2D eigenvalue weighted by Gasteiger charge is 2.60. The van der Waals surface area contributed by atoms with Crippen molar-refractivity contribution < 1.29 is 24.1 Å². The van der Waals surface area contributed by atoms with Crippen molar-refractivity contribution in [1.82, 2.24) is 0 Å². The van der Waals surface area contributed by atoms with Gasteiger partial charge in [0, 0.05) is 6.07 Å². The van der Waals surface area contributed by atoms with E-state index in [2.05, 4.69) is 0 Å². The van der Waals surface area contributed by atoms with Crippen LogP contribution in [0.2, 0.25) is 5.02 Å². The second-order valence-electron chi connectivity index (χ2n) is 9.41. The van der Waals surface area contributed by atoms with E-state index in [-0.39, 0.29) is 10.7 Å². The lowest BCUT2D eigenvalue weighted by molar-refractivity contribution is -0.384. The summed E-state index contributed by atoms with van der Waals surface area (Å²) in [7, 11) is 0. The number of amides is 2. The molecule has 3 atom stereocenters. The van der Waals surface area contributed by atoms with Crippen molar-refractivity contribution in [3.63, 3.8) is 0 Å². The molecule has 0 aliphatic carbocycles. The molecule has 0 unspecified atom stereocenters. The first kappa shape index (κ1) is 25.5. The minimum Gasteiger partial charge on any atom is -0.489 e. The fraction of sp³-hybridized carbons (Fsp3) is 0.133. The number of halogens is 1. The summed E-state index contributed by atoms with van der Waals surface area (Å²) in [6.45, 7) is 0.405. The Balaban J connectivity index is 1.32. The Morgan fingerprint density at radius 3 is 2.20 bits per heavy atom. The number of hydroxylamine groups is 1. The van der Waals surface area contributed by atoms with Crippen molar-refractivity contribution in [2.24, 2.45) is 5.92 Å². The van der Waals surface area contributed by atoms with Crippen LogP contribution in [0.25, 0.3) is 0 Å². The molecule has 4 aromatic carbocycles. The van der Waals surface area contributed by atoms with Crippen LogP contribution in [0.1, 0.15) is 17.2 Å². The van der Waals surface area contributed by atoms with Crippen LogP contribution in [0.4, 0.5) is 17.1 Å². The largest absolute Gasteiger partial charge is 0.489 e. The van der Waals surface area contributed by atoms with Crippen LogP contribution >= 0.6 is 11.6 Å². The first-order valence-electron chi connectivity index (χ1n) is 12.5. The summed E-state index contributed by atoms with van der Waals surface area (Å²) >= 11 is 5.95. The third kappa shape index (κ3) is 4.55. The van der Waals surface area contributed by atoms with Crippen LogP contribution in [0, 0.1) is 16.0 Å². The van der Waals surface area contributed by atoms with Crippen molar-refractivity contribution in [2.75, 3.05) is 9.96 Å². The number of anilines is 2. The lowest BCUT2D eigenvalue weighted by Gasteiger charge is -2.28. The van der Waals surface area contributed by atoms with Gasteiger partial charge in [0.2, 0.25) is 5.91 Å². The van der Waals surface area contributed by atoms with Gasteiger partial charge in [0.15, 0.2) is 6.10 Å². The Morgan fingerprint density at radius 1 is 0.850 bits per heavy atom. The summed E-state index contributed by atoms with van der Waals surface area (Å²) in [4.78, 5) is 45.2. The Labute approximate surface area is 234 Å². The Kier molecular flexibility index (Phi) is 6.67. The van der Waals surface area contributed by atoms with Gasteiger partial charge in [0.25, 0.3) is 11.6 Å². The Morgan fingerprint density at radius 2 is 1.52 bits per heavy atom. The van der Waals surface area contributed by atoms with Crippen molar-refractivity contribution in [3.8, 4) is 5.75 Å². The van der Waals surface area contributed by atoms with E-state index >= 15 is 0 Å². The number of benzene rings is 4. The number of ether oxygens (including phenoxy) is 1. The summed E-state index contributed by atoms with van der Waals surface area (Å²) in [6, 6.07) is 29.5. The van der Waals surface area contributed by atoms with E-state index in [4.69, 9.17) is 21.2 Å². The number of nitro groups is 1. The van der Waals surface area contributed by atoms with Gasteiger partial charge in [-0.1, -0.05) is 72.3 Å². The number of rotatable bonds is 7. The molecule has 2 aliphatic heterocycles. The zero-order valence-electron chi connectivity index (χ0n) is 20.9. The predicted molar refractivity (Wildman–Crippen MR) is 148 cm³/mol. The molecule has 40 heavy (non-hydrogen) atoms. The molecule has 2 aliphatic rings. The summed E-state index contributed by atoms with van der Waals surface area (Å²) in [6.07, 6.45) is -1.11. The number of nitrogens with zero attached hydrogens (tertiary/aromatic N) is 3. The fourth-order valence-corrected chi connectivity index (χ4v) is 5.28. The zero-order valence-corrected chi connectivity index (χ0v) is 21.7. The second kappa shape index (κ2) is 10.4. The number of para-hydroxylation sites is 1. The maximum Gasteiger partial charge on any atom is 0.289 e. The molecule has 9 nitrogen and oxygen atoms in total. The number of hydrogen-bond acceptors (Lipinski definition) is 7. The summed E-state index contributed by atoms with van der Waals surface area (Å²) in [5.74, 6) is -1.35. The number of imide groups is 1. The number of nitro benzene ring substituents is 1. The van der Waals surface area contributed by atoms with E-state index in [1.165, 1.54) is 12.1 Å². The molecule has 10 heteroatoms. The van der Waals surface area contributed by atoms with Gasteiger partial charge in [-0.3, -0.25) is 24.5 Å². The molecule has 0 bridgehead atoms. The van der Waals surface area contributed by atoms with Crippen molar-refractivity contribution in [3.05, 3.63) is 129 Å². The molecular weight excluding hydrogens is 534 g/mol. The third-order valence-electron chi connectivity index (χ3n) is 6.98. The molecular formula is C30H22ClN3O6. The van der Waals surface area contributed by atoms with E-state index in [0.717, 1.165) is 22.1 Å². The van der Waals surface area contributed by atoms with E-state index in [9.17, 15) is 19.7 Å². The van der Waals surface area contributed by atoms with Gasteiger partial charge in [0.05, 0.1) is 22.3 Å². The molecule has 2 amide bonds. The topological polar surface area (TPSA) is 102 Å². The molecule has 0 N–H and O–H groups in total. The average Bonchev–Trinajstić information content (AvgIpc) is 3.49. The molecule has 200 valence electrons. The van der Waals surface area contributed by atoms with Gasteiger partial charge in [-0.2, -0.15) is 0 Å². The SMILES string of the molecule is O=C1[C@@H]2[C@@H](ON(c3ccccc3)[C@H]2c2ccc(OCc3ccccc3)cc2)C(=O)N1c1ccc(Cl)c([N+](=O)[O-])c1. The lowest BCUT2D eigenvalue weighted by atomic mass is 9.90. The average molecular weight is 556 g/mol. The smallest absolute Gasteiger partial charge is 0.289 e. The second-order valence-corrected chi connectivity index (χ2v) is 9.81. The molecule has 0 spiro atoms. The van der Waals surface area contributed by atoms with E-state index in [1.807, 2.05) is 84.9 Å². The van der Waals surface area contributed by atoms with Crippen LogP contribution in [0.3, 0.4) is 0 Å². The highest BCUT2D eigenvalue weighted by atomic mass is 35.5. The monoisotopic (exact) mass is 555 g/mol. The molecule has 6 rings (SSSR count). The quantitative estimate of drug-likeness (QED) is 0.159. The summed E-state index contributed by atoms with van der Waals surface area (Å²) in [5, 5.41) is 12.9. The number of carbonyl (C=O) groups is 2. The number of fused-ring (bicyclic) bond motifs is 1. The Hall–Kier alpha value is -4.73. The number of hydrogen-bond donors (Lipinski definition) is 0. The standard InChI is InChI=1S/C30H22ClN3O6/c31-24-16-13-22(17-25(24)34(37)38)32-29(35)26-27(33(40-28(26)30(32)36)21-9-5-2-6-10-21)20-11-14-23(15-12-20)39-18-19-7-3-1-4-8-19/h1-17,26-28H,18H2/t26-,27-,28+/m0/s1. The maximum absolute atomic E-state index is 13.8. The van der Waals surface area contributed by atoms with Gasteiger partial charge in [0.1, 0.15) is 23.3 Å². The van der Waals surface area contributed by atoms with Crippen molar-refractivity contribution >= 4 is 40.5 Å². The van der Waals surface area contributed by atoms with Crippen LogP contribution < -0.4 is 14.7 Å². The molecule has 0 aromatic heterocycles.